The minimum atomic E-state index is -1.15. The molecule has 0 radical (unpaired) electrons. The van der Waals surface area contributed by atoms with Crippen molar-refractivity contribution in [2.24, 2.45) is 0 Å². The minimum absolute atomic E-state index is 0.0446. The lowest BCUT2D eigenvalue weighted by Crippen LogP contribution is -1.98. The normalized spacial score (nSPS) is 9.86. The first-order chi connectivity index (χ1) is 6.66. The third-order valence-electron chi connectivity index (χ3n) is 1.85. The Bertz CT molecular complexity index is 368. The quantitative estimate of drug-likeness (QED) is 0.542. The van der Waals surface area contributed by atoms with E-state index >= 15 is 0 Å². The summed E-state index contributed by atoms with van der Waals surface area (Å²) in [5.74, 6) is -2.97. The van der Waals surface area contributed by atoms with Gasteiger partial charge in [0, 0.05) is 12.0 Å². The second-order valence-electron chi connectivity index (χ2n) is 2.83. The van der Waals surface area contributed by atoms with Crippen molar-refractivity contribution in [1.29, 1.82) is 5.26 Å². The summed E-state index contributed by atoms with van der Waals surface area (Å²) < 4.78 is 38.6. The molecule has 0 saturated carbocycles. The smallest absolute Gasteiger partial charge is 0.164 e. The molecule has 0 fully saturated rings. The van der Waals surface area contributed by atoms with Crippen LogP contribution in [0, 0.1) is 28.8 Å². The molecule has 0 aliphatic rings. The molecule has 1 nitrogen and oxygen atoms in total. The molecule has 1 aromatic rings. The van der Waals surface area contributed by atoms with E-state index in [0.29, 0.717) is 6.42 Å². The molecule has 1 rings (SSSR count). The van der Waals surface area contributed by atoms with E-state index in [1.54, 1.807) is 0 Å². The molecule has 4 heteroatoms. The van der Waals surface area contributed by atoms with Crippen molar-refractivity contribution < 1.29 is 13.2 Å². The predicted molar refractivity (Wildman–Crippen MR) is 44.9 cm³/mol. The molecule has 0 aliphatic carbocycles. The fraction of sp³-hybridized carbons (Fsp3) is 0.300. The lowest BCUT2D eigenvalue weighted by atomic mass is 10.1. The van der Waals surface area contributed by atoms with Crippen molar-refractivity contribution in [2.75, 3.05) is 0 Å². The molecule has 0 bridgehead atoms. The molecule has 0 amide bonds. The number of rotatable bonds is 3. The number of nitriles is 1. The Hall–Kier alpha value is -1.50. The van der Waals surface area contributed by atoms with E-state index in [4.69, 9.17) is 5.26 Å². The van der Waals surface area contributed by atoms with E-state index in [9.17, 15) is 13.2 Å². The molecule has 0 N–H and O–H groups in total. The van der Waals surface area contributed by atoms with Gasteiger partial charge in [-0.3, -0.25) is 0 Å². The zero-order chi connectivity index (χ0) is 10.6. The fourth-order valence-electron chi connectivity index (χ4n) is 1.14. The summed E-state index contributed by atoms with van der Waals surface area (Å²) in [6.45, 7) is 0. The number of unbranched alkanes of at least 4 members (excludes halogenated alkanes) is 1. The molecule has 1 aromatic carbocycles. The molecule has 0 aliphatic heterocycles. The third-order valence-corrected chi connectivity index (χ3v) is 1.85. The number of halogens is 3. The summed E-state index contributed by atoms with van der Waals surface area (Å²) >= 11 is 0. The van der Waals surface area contributed by atoms with Crippen LogP contribution in [0.3, 0.4) is 0 Å². The average molecular weight is 199 g/mol. The van der Waals surface area contributed by atoms with Gasteiger partial charge in [-0.05, 0) is 25.0 Å². The highest BCUT2D eigenvalue weighted by Gasteiger charge is 2.12. The molecule has 0 unspecified atom stereocenters. The Morgan fingerprint density at radius 3 is 2.43 bits per heavy atom. The number of hydrogen-bond acceptors (Lipinski definition) is 1. The maximum atomic E-state index is 13.0. The molecule has 74 valence electrons. The van der Waals surface area contributed by atoms with Crippen molar-refractivity contribution in [3.05, 3.63) is 35.1 Å². The highest BCUT2D eigenvalue weighted by Crippen LogP contribution is 2.17. The summed E-state index contributed by atoms with van der Waals surface area (Å²) in [5, 5.41) is 8.23. The molecule has 0 heterocycles. The van der Waals surface area contributed by atoms with Crippen LogP contribution in [-0.2, 0) is 6.42 Å². The van der Waals surface area contributed by atoms with Gasteiger partial charge in [0.25, 0.3) is 0 Å². The van der Waals surface area contributed by atoms with Crippen LogP contribution < -0.4 is 0 Å². The fourth-order valence-corrected chi connectivity index (χ4v) is 1.14. The first-order valence-corrected chi connectivity index (χ1v) is 4.16. The van der Waals surface area contributed by atoms with Crippen molar-refractivity contribution in [2.45, 2.75) is 19.3 Å². The van der Waals surface area contributed by atoms with Crippen LogP contribution in [0.25, 0.3) is 0 Å². The monoisotopic (exact) mass is 199 g/mol. The first-order valence-electron chi connectivity index (χ1n) is 4.16. The van der Waals surface area contributed by atoms with Crippen molar-refractivity contribution in [3.8, 4) is 6.07 Å². The number of hydrogen-bond donors (Lipinski definition) is 0. The Morgan fingerprint density at radius 1 is 1.14 bits per heavy atom. The van der Waals surface area contributed by atoms with Crippen LogP contribution in [0.1, 0.15) is 18.4 Å². The van der Waals surface area contributed by atoms with Gasteiger partial charge < -0.3 is 0 Å². The second kappa shape index (κ2) is 4.66. The Labute approximate surface area is 79.8 Å². The average Bonchev–Trinajstić information content (AvgIpc) is 2.18. The van der Waals surface area contributed by atoms with Crippen LogP contribution in [0.5, 0.6) is 0 Å². The van der Waals surface area contributed by atoms with Crippen LogP contribution in [0.15, 0.2) is 12.1 Å². The second-order valence-corrected chi connectivity index (χ2v) is 2.83. The van der Waals surface area contributed by atoms with Crippen LogP contribution >= 0.6 is 0 Å². The summed E-state index contributed by atoms with van der Waals surface area (Å²) in [6.07, 6.45) is 0.576. The Balaban J connectivity index is 2.85. The summed E-state index contributed by atoms with van der Waals surface area (Å²) in [5.41, 5.74) is -0.278. The SMILES string of the molecule is N#CCCCc1c(F)ccc(F)c1F. The van der Waals surface area contributed by atoms with Gasteiger partial charge in [0.1, 0.15) is 5.82 Å². The summed E-state index contributed by atoms with van der Waals surface area (Å²) in [6, 6.07) is 3.49. The molecule has 0 saturated heterocycles. The van der Waals surface area contributed by atoms with Gasteiger partial charge in [0.2, 0.25) is 0 Å². The summed E-state index contributed by atoms with van der Waals surface area (Å²) in [7, 11) is 0. The summed E-state index contributed by atoms with van der Waals surface area (Å²) in [4.78, 5) is 0. The molecule has 14 heavy (non-hydrogen) atoms. The molecule has 0 atom stereocenters. The van der Waals surface area contributed by atoms with E-state index in [1.165, 1.54) is 0 Å². The van der Waals surface area contributed by atoms with E-state index < -0.39 is 17.5 Å². The highest BCUT2D eigenvalue weighted by molar-refractivity contribution is 5.21. The van der Waals surface area contributed by atoms with Gasteiger partial charge in [0.15, 0.2) is 11.6 Å². The van der Waals surface area contributed by atoms with E-state index in [1.807, 2.05) is 6.07 Å². The lowest BCUT2D eigenvalue weighted by molar-refractivity contribution is 0.477. The van der Waals surface area contributed by atoms with E-state index in [0.717, 1.165) is 12.1 Å². The number of nitrogens with zero attached hydrogens (tertiary/aromatic N) is 1. The maximum Gasteiger partial charge on any atom is 0.164 e. The topological polar surface area (TPSA) is 23.8 Å². The van der Waals surface area contributed by atoms with Crippen LogP contribution in [-0.4, -0.2) is 0 Å². The van der Waals surface area contributed by atoms with Gasteiger partial charge in [-0.15, -0.1) is 0 Å². The van der Waals surface area contributed by atoms with Crippen LogP contribution in [0.2, 0.25) is 0 Å². The predicted octanol–water partition coefficient (Wildman–Crippen LogP) is 2.95. The highest BCUT2D eigenvalue weighted by atomic mass is 19.2. The lowest BCUT2D eigenvalue weighted by Gasteiger charge is -2.03. The molecule has 0 spiro atoms. The maximum absolute atomic E-state index is 13.0. The van der Waals surface area contributed by atoms with Gasteiger partial charge in [0.05, 0.1) is 6.07 Å². The molecular formula is C10H8F3N. The van der Waals surface area contributed by atoms with Crippen molar-refractivity contribution in [3.63, 3.8) is 0 Å². The van der Waals surface area contributed by atoms with E-state index in [-0.39, 0.29) is 18.4 Å². The van der Waals surface area contributed by atoms with Gasteiger partial charge in [-0.2, -0.15) is 5.26 Å². The van der Waals surface area contributed by atoms with Gasteiger partial charge in [-0.25, -0.2) is 13.2 Å². The van der Waals surface area contributed by atoms with Gasteiger partial charge >= 0.3 is 0 Å². The third kappa shape index (κ3) is 2.25. The van der Waals surface area contributed by atoms with Crippen molar-refractivity contribution >= 4 is 0 Å². The van der Waals surface area contributed by atoms with Crippen LogP contribution in [0.4, 0.5) is 13.2 Å². The zero-order valence-corrected chi connectivity index (χ0v) is 7.36. The minimum Gasteiger partial charge on any atom is -0.207 e. The first kappa shape index (κ1) is 10.6. The molecular weight excluding hydrogens is 191 g/mol. The Morgan fingerprint density at radius 2 is 1.79 bits per heavy atom. The Kier molecular flexibility index (Phi) is 3.52. The largest absolute Gasteiger partial charge is 0.207 e. The standard InChI is InChI=1S/C10H8F3N/c11-8-4-5-9(12)10(13)7(8)3-1-2-6-14/h4-5H,1-3H2. The zero-order valence-electron chi connectivity index (χ0n) is 7.36. The number of benzene rings is 1. The van der Waals surface area contributed by atoms with Crippen molar-refractivity contribution in [1.82, 2.24) is 0 Å². The van der Waals surface area contributed by atoms with E-state index in [2.05, 4.69) is 0 Å². The van der Waals surface area contributed by atoms with Gasteiger partial charge in [-0.1, -0.05) is 0 Å². The molecule has 0 aromatic heterocycles.